The molecule has 0 bridgehead atoms. The minimum absolute atomic E-state index is 0.0192. The second-order valence-corrected chi connectivity index (χ2v) is 5.57. The van der Waals surface area contributed by atoms with Gasteiger partial charge >= 0.3 is 0 Å². The van der Waals surface area contributed by atoms with Crippen LogP contribution >= 0.6 is 11.6 Å². The molecule has 0 spiro atoms. The number of rotatable bonds is 3. The first-order valence-corrected chi connectivity index (χ1v) is 7.65. The van der Waals surface area contributed by atoms with Crippen molar-refractivity contribution in [3.05, 3.63) is 69.6 Å². The Morgan fingerprint density at radius 1 is 1.09 bits per heavy atom. The van der Waals surface area contributed by atoms with Crippen molar-refractivity contribution >= 4 is 22.4 Å². The third kappa shape index (κ3) is 2.32. The highest BCUT2D eigenvalue weighted by Gasteiger charge is 2.16. The van der Waals surface area contributed by atoms with E-state index in [0.717, 1.165) is 22.2 Å². The van der Waals surface area contributed by atoms with Gasteiger partial charge in [-0.3, -0.25) is 4.79 Å². The van der Waals surface area contributed by atoms with Gasteiger partial charge in [0.25, 0.3) is 5.56 Å². The van der Waals surface area contributed by atoms with Crippen LogP contribution in [0.15, 0.2) is 53.3 Å². The highest BCUT2D eigenvalue weighted by Crippen LogP contribution is 2.32. The lowest BCUT2D eigenvalue weighted by atomic mass is 9.96. The van der Waals surface area contributed by atoms with Crippen molar-refractivity contribution in [2.24, 2.45) is 5.73 Å². The molecule has 0 radical (unpaired) electrons. The molecular weight excluding hydrogens is 296 g/mol. The van der Waals surface area contributed by atoms with E-state index in [1.54, 1.807) is 16.7 Å². The molecule has 0 aliphatic rings. The van der Waals surface area contributed by atoms with Gasteiger partial charge in [0, 0.05) is 34.8 Å². The first-order chi connectivity index (χ1) is 10.7. The minimum Gasteiger partial charge on any atom is -0.325 e. The molecule has 0 atom stereocenters. The molecule has 3 rings (SSSR count). The summed E-state index contributed by atoms with van der Waals surface area (Å²) in [6, 6.07) is 15.4. The van der Waals surface area contributed by atoms with Crippen molar-refractivity contribution in [2.75, 3.05) is 0 Å². The summed E-state index contributed by atoms with van der Waals surface area (Å²) >= 11 is 6.16. The van der Waals surface area contributed by atoms with Crippen LogP contribution in [0.25, 0.3) is 21.9 Å². The van der Waals surface area contributed by atoms with Crippen LogP contribution in [0.3, 0.4) is 0 Å². The summed E-state index contributed by atoms with van der Waals surface area (Å²) in [6.45, 7) is 2.84. The Balaban J connectivity index is 2.54. The van der Waals surface area contributed by atoms with Crippen molar-refractivity contribution in [1.29, 1.82) is 0 Å². The molecule has 3 aromatic rings. The maximum Gasteiger partial charge on any atom is 0.258 e. The third-order valence-corrected chi connectivity index (χ3v) is 4.15. The molecule has 1 aromatic heterocycles. The number of hydrogen-bond donors (Lipinski definition) is 1. The monoisotopic (exact) mass is 312 g/mol. The molecular formula is C18H17ClN2O. The normalized spacial score (nSPS) is 11.0. The summed E-state index contributed by atoms with van der Waals surface area (Å²) < 4.78 is 1.75. The fourth-order valence-electron chi connectivity index (χ4n) is 2.94. The van der Waals surface area contributed by atoms with Crippen LogP contribution in [0.4, 0.5) is 0 Å². The fraction of sp³-hybridized carbons (Fsp3) is 0.167. The van der Waals surface area contributed by atoms with Gasteiger partial charge in [0.1, 0.15) is 0 Å². The number of halogens is 1. The van der Waals surface area contributed by atoms with Crippen LogP contribution in [0.2, 0.25) is 5.02 Å². The van der Waals surface area contributed by atoms with E-state index in [-0.39, 0.29) is 5.56 Å². The number of aromatic nitrogens is 1. The SMILES string of the molecule is CCn1c(CN)c(-c2ccccc2)c2cc(Cl)ccc2c1=O. The molecule has 0 aliphatic carbocycles. The average molecular weight is 313 g/mol. The van der Waals surface area contributed by atoms with E-state index >= 15 is 0 Å². The topological polar surface area (TPSA) is 48.0 Å². The van der Waals surface area contributed by atoms with E-state index in [1.807, 2.05) is 43.3 Å². The van der Waals surface area contributed by atoms with E-state index < -0.39 is 0 Å². The number of nitrogens with two attached hydrogens (primary N) is 1. The van der Waals surface area contributed by atoms with Crippen LogP contribution in [-0.4, -0.2) is 4.57 Å². The van der Waals surface area contributed by atoms with Crippen LogP contribution in [0.1, 0.15) is 12.6 Å². The Bertz CT molecular complexity index is 885. The summed E-state index contributed by atoms with van der Waals surface area (Å²) in [5, 5.41) is 2.14. The van der Waals surface area contributed by atoms with Crippen molar-refractivity contribution < 1.29 is 0 Å². The van der Waals surface area contributed by atoms with Crippen molar-refractivity contribution in [1.82, 2.24) is 4.57 Å². The molecule has 1 heterocycles. The molecule has 2 N–H and O–H groups in total. The van der Waals surface area contributed by atoms with Gasteiger partial charge in [0.2, 0.25) is 0 Å². The van der Waals surface area contributed by atoms with Crippen LogP contribution in [0, 0.1) is 0 Å². The van der Waals surface area contributed by atoms with Crippen LogP contribution < -0.4 is 11.3 Å². The average Bonchev–Trinajstić information content (AvgIpc) is 2.55. The summed E-state index contributed by atoms with van der Waals surface area (Å²) in [5.41, 5.74) is 8.82. The maximum absolute atomic E-state index is 12.7. The molecule has 0 unspecified atom stereocenters. The number of fused-ring (bicyclic) bond motifs is 1. The van der Waals surface area contributed by atoms with Gasteiger partial charge in [0.05, 0.1) is 0 Å². The first kappa shape index (κ1) is 14.8. The Morgan fingerprint density at radius 2 is 1.82 bits per heavy atom. The van der Waals surface area contributed by atoms with E-state index in [1.165, 1.54) is 0 Å². The lowest BCUT2D eigenvalue weighted by molar-refractivity contribution is 0.685. The van der Waals surface area contributed by atoms with Gasteiger partial charge in [0.15, 0.2) is 0 Å². The lowest BCUT2D eigenvalue weighted by Gasteiger charge is -2.18. The minimum atomic E-state index is -0.0192. The van der Waals surface area contributed by atoms with Gasteiger partial charge in [-0.2, -0.15) is 0 Å². The Labute approximate surface area is 133 Å². The molecule has 4 heteroatoms. The highest BCUT2D eigenvalue weighted by atomic mass is 35.5. The fourth-order valence-corrected chi connectivity index (χ4v) is 3.11. The zero-order chi connectivity index (χ0) is 15.7. The molecule has 2 aromatic carbocycles. The second kappa shape index (κ2) is 5.95. The number of hydrogen-bond acceptors (Lipinski definition) is 2. The van der Waals surface area contributed by atoms with Crippen LogP contribution in [0.5, 0.6) is 0 Å². The van der Waals surface area contributed by atoms with E-state index in [0.29, 0.717) is 23.5 Å². The zero-order valence-electron chi connectivity index (χ0n) is 12.3. The maximum atomic E-state index is 12.7. The van der Waals surface area contributed by atoms with E-state index in [2.05, 4.69) is 0 Å². The molecule has 112 valence electrons. The summed E-state index contributed by atoms with van der Waals surface area (Å²) in [4.78, 5) is 12.7. The predicted octanol–water partition coefficient (Wildman–Crippen LogP) is 3.80. The van der Waals surface area contributed by atoms with E-state index in [9.17, 15) is 4.79 Å². The van der Waals surface area contributed by atoms with Gasteiger partial charge in [-0.15, -0.1) is 0 Å². The summed E-state index contributed by atoms with van der Waals surface area (Å²) in [5.74, 6) is 0. The number of nitrogens with zero attached hydrogens (tertiary/aromatic N) is 1. The zero-order valence-corrected chi connectivity index (χ0v) is 13.1. The lowest BCUT2D eigenvalue weighted by Crippen LogP contribution is -2.25. The summed E-state index contributed by atoms with van der Waals surface area (Å²) in [7, 11) is 0. The Kier molecular flexibility index (Phi) is 4.01. The molecule has 3 nitrogen and oxygen atoms in total. The Morgan fingerprint density at radius 3 is 2.45 bits per heavy atom. The van der Waals surface area contributed by atoms with Crippen LogP contribution in [-0.2, 0) is 13.1 Å². The molecule has 0 saturated heterocycles. The predicted molar refractivity (Wildman–Crippen MR) is 92.2 cm³/mol. The van der Waals surface area contributed by atoms with Gasteiger partial charge in [-0.25, -0.2) is 0 Å². The highest BCUT2D eigenvalue weighted by molar-refractivity contribution is 6.31. The standard InChI is InChI=1S/C18H17ClN2O/c1-2-21-16(11-20)17(12-6-4-3-5-7-12)15-10-13(19)8-9-14(15)18(21)22/h3-10H,2,11,20H2,1H3. The molecule has 0 amide bonds. The smallest absolute Gasteiger partial charge is 0.258 e. The quantitative estimate of drug-likeness (QED) is 0.799. The largest absolute Gasteiger partial charge is 0.325 e. The van der Waals surface area contributed by atoms with Crippen molar-refractivity contribution in [3.63, 3.8) is 0 Å². The summed E-state index contributed by atoms with van der Waals surface area (Å²) in [6.07, 6.45) is 0. The van der Waals surface area contributed by atoms with Gasteiger partial charge in [-0.05, 0) is 36.1 Å². The molecule has 0 fully saturated rings. The van der Waals surface area contributed by atoms with E-state index in [4.69, 9.17) is 17.3 Å². The number of pyridine rings is 1. The van der Waals surface area contributed by atoms with Gasteiger partial charge < -0.3 is 10.3 Å². The Hall–Kier alpha value is -2.10. The number of benzene rings is 2. The first-order valence-electron chi connectivity index (χ1n) is 7.27. The third-order valence-electron chi connectivity index (χ3n) is 3.91. The van der Waals surface area contributed by atoms with Crippen molar-refractivity contribution in [2.45, 2.75) is 20.0 Å². The van der Waals surface area contributed by atoms with Crippen molar-refractivity contribution in [3.8, 4) is 11.1 Å². The molecule has 22 heavy (non-hydrogen) atoms. The molecule has 0 aliphatic heterocycles. The molecule has 0 saturated carbocycles. The van der Waals surface area contributed by atoms with Gasteiger partial charge in [-0.1, -0.05) is 41.9 Å². The second-order valence-electron chi connectivity index (χ2n) is 5.13.